The lowest BCUT2D eigenvalue weighted by Gasteiger charge is -2.03. The van der Waals surface area contributed by atoms with Gasteiger partial charge in [-0.05, 0) is 30.2 Å². The zero-order chi connectivity index (χ0) is 13.1. The third kappa shape index (κ3) is 2.33. The van der Waals surface area contributed by atoms with E-state index in [1.54, 1.807) is 19.1 Å². The van der Waals surface area contributed by atoms with Crippen LogP contribution in [0.1, 0.15) is 28.6 Å². The van der Waals surface area contributed by atoms with Gasteiger partial charge in [-0.3, -0.25) is 0 Å². The van der Waals surface area contributed by atoms with Crippen LogP contribution in [-0.4, -0.2) is 12.6 Å². The molecule has 0 amide bonds. The van der Waals surface area contributed by atoms with Gasteiger partial charge in [-0.1, -0.05) is 6.07 Å². The molecule has 0 bridgehead atoms. The first-order valence-electron chi connectivity index (χ1n) is 5.54. The molecule has 0 unspecified atom stereocenters. The fourth-order valence-corrected chi connectivity index (χ4v) is 2.37. The predicted molar refractivity (Wildman–Crippen MR) is 71.3 cm³/mol. The lowest BCUT2D eigenvalue weighted by atomic mass is 10.1. The van der Waals surface area contributed by atoms with Crippen LogP contribution in [0.25, 0.3) is 11.0 Å². The van der Waals surface area contributed by atoms with Crippen molar-refractivity contribution in [3.05, 3.63) is 35.1 Å². The summed E-state index contributed by atoms with van der Waals surface area (Å²) in [5.74, 6) is 0.408. The van der Waals surface area contributed by atoms with Gasteiger partial charge in [0.05, 0.1) is 6.61 Å². The number of hydrogen-bond acceptors (Lipinski definition) is 3. The largest absolute Gasteiger partial charge is 0.460 e. The summed E-state index contributed by atoms with van der Waals surface area (Å²) < 4.78 is 10.3. The first-order chi connectivity index (χ1) is 8.71. The van der Waals surface area contributed by atoms with E-state index in [0.29, 0.717) is 23.9 Å². The van der Waals surface area contributed by atoms with Crippen LogP contribution in [0.4, 0.5) is 0 Å². The highest BCUT2D eigenvalue weighted by Crippen LogP contribution is 2.28. The van der Waals surface area contributed by atoms with E-state index in [9.17, 15) is 4.79 Å². The molecule has 2 rings (SSSR count). The first kappa shape index (κ1) is 13.2. The molecule has 0 saturated heterocycles. The number of ether oxygens (including phenoxy) is 1. The second-order valence-electron chi connectivity index (χ2n) is 3.71. The number of carbonyl (C=O) groups is 1. The van der Waals surface area contributed by atoms with Crippen molar-refractivity contribution in [2.75, 3.05) is 6.61 Å². The number of alkyl halides is 2. The summed E-state index contributed by atoms with van der Waals surface area (Å²) in [7, 11) is 0. The zero-order valence-corrected chi connectivity index (χ0v) is 11.3. The molecular weight excluding hydrogens is 275 g/mol. The summed E-state index contributed by atoms with van der Waals surface area (Å²) in [5, 5.41) is 0.811. The lowest BCUT2D eigenvalue weighted by molar-refractivity contribution is 0.0492. The second kappa shape index (κ2) is 5.63. The Morgan fingerprint density at radius 1 is 1.33 bits per heavy atom. The van der Waals surface area contributed by atoms with Crippen molar-refractivity contribution in [3.8, 4) is 0 Å². The van der Waals surface area contributed by atoms with Gasteiger partial charge < -0.3 is 9.15 Å². The van der Waals surface area contributed by atoms with Crippen LogP contribution in [0.15, 0.2) is 22.6 Å². The van der Waals surface area contributed by atoms with Crippen molar-refractivity contribution in [1.29, 1.82) is 0 Å². The van der Waals surface area contributed by atoms with Crippen LogP contribution >= 0.6 is 23.2 Å². The molecule has 0 fully saturated rings. The van der Waals surface area contributed by atoms with Crippen LogP contribution in [-0.2, 0) is 16.5 Å². The Balaban J connectivity index is 2.53. The molecule has 96 valence electrons. The molecular formula is C13H12Cl2O3. The van der Waals surface area contributed by atoms with Crippen LogP contribution in [0.2, 0.25) is 0 Å². The van der Waals surface area contributed by atoms with Gasteiger partial charge in [-0.2, -0.15) is 0 Å². The number of fused-ring (bicyclic) bond motifs is 1. The Kier molecular flexibility index (Phi) is 4.15. The molecule has 18 heavy (non-hydrogen) atoms. The van der Waals surface area contributed by atoms with E-state index >= 15 is 0 Å². The highest BCUT2D eigenvalue weighted by Gasteiger charge is 2.16. The minimum atomic E-state index is -0.471. The van der Waals surface area contributed by atoms with Gasteiger partial charge in [0.1, 0.15) is 5.58 Å². The summed E-state index contributed by atoms with van der Waals surface area (Å²) in [6.45, 7) is 2.06. The van der Waals surface area contributed by atoms with Gasteiger partial charge in [-0.25, -0.2) is 4.79 Å². The van der Waals surface area contributed by atoms with Gasteiger partial charge in [-0.15, -0.1) is 23.2 Å². The Labute approximate surface area is 115 Å². The maximum absolute atomic E-state index is 11.6. The van der Waals surface area contributed by atoms with E-state index in [1.807, 2.05) is 6.07 Å². The normalized spacial score (nSPS) is 10.8. The van der Waals surface area contributed by atoms with Gasteiger partial charge in [0.2, 0.25) is 5.76 Å². The summed E-state index contributed by atoms with van der Waals surface area (Å²) in [6, 6.07) is 5.29. The van der Waals surface area contributed by atoms with Crippen LogP contribution in [0.5, 0.6) is 0 Å². The Morgan fingerprint density at radius 3 is 2.72 bits per heavy atom. The quantitative estimate of drug-likeness (QED) is 0.628. The monoisotopic (exact) mass is 286 g/mol. The van der Waals surface area contributed by atoms with Gasteiger partial charge >= 0.3 is 5.97 Å². The highest BCUT2D eigenvalue weighted by molar-refractivity contribution is 6.19. The Hall–Kier alpha value is -1.19. The summed E-state index contributed by atoms with van der Waals surface area (Å²) in [5.41, 5.74) is 2.45. The van der Waals surface area contributed by atoms with Crippen molar-refractivity contribution >= 4 is 40.1 Å². The maximum Gasteiger partial charge on any atom is 0.374 e. The van der Waals surface area contributed by atoms with Crippen LogP contribution in [0.3, 0.4) is 0 Å². The molecule has 0 radical (unpaired) electrons. The molecule has 0 saturated carbocycles. The standard InChI is InChI=1S/C13H12Cl2O3/c1-2-17-13(16)12-5-9-10(7-15)8(6-14)3-4-11(9)18-12/h3-5H,2,6-7H2,1H3. The van der Waals surface area contributed by atoms with Crippen LogP contribution < -0.4 is 0 Å². The zero-order valence-electron chi connectivity index (χ0n) is 9.83. The fraction of sp³-hybridized carbons (Fsp3) is 0.308. The van der Waals surface area contributed by atoms with E-state index < -0.39 is 5.97 Å². The summed E-state index contributed by atoms with van der Waals surface area (Å²) in [4.78, 5) is 11.6. The first-order valence-corrected chi connectivity index (χ1v) is 6.61. The molecule has 1 aromatic heterocycles. The lowest BCUT2D eigenvalue weighted by Crippen LogP contribution is -2.02. The molecule has 0 aliphatic carbocycles. The van der Waals surface area contributed by atoms with Crippen molar-refractivity contribution in [2.45, 2.75) is 18.7 Å². The van der Waals surface area contributed by atoms with Crippen molar-refractivity contribution in [1.82, 2.24) is 0 Å². The Morgan fingerprint density at radius 2 is 2.11 bits per heavy atom. The molecule has 0 atom stereocenters. The van der Waals surface area contributed by atoms with E-state index in [-0.39, 0.29) is 5.76 Å². The van der Waals surface area contributed by atoms with E-state index in [0.717, 1.165) is 16.5 Å². The molecule has 1 heterocycles. The average Bonchev–Trinajstić information content (AvgIpc) is 2.81. The molecule has 1 aromatic carbocycles. The average molecular weight is 287 g/mol. The van der Waals surface area contributed by atoms with Crippen LogP contribution in [0, 0.1) is 0 Å². The number of esters is 1. The molecule has 5 heteroatoms. The van der Waals surface area contributed by atoms with E-state index in [2.05, 4.69) is 0 Å². The van der Waals surface area contributed by atoms with Gasteiger partial charge in [0, 0.05) is 17.1 Å². The summed E-state index contributed by atoms with van der Waals surface area (Å²) >= 11 is 11.8. The number of rotatable bonds is 4. The topological polar surface area (TPSA) is 39.4 Å². The minimum absolute atomic E-state index is 0.185. The molecule has 3 nitrogen and oxygen atoms in total. The number of halogens is 2. The van der Waals surface area contributed by atoms with E-state index in [1.165, 1.54) is 0 Å². The molecule has 2 aromatic rings. The van der Waals surface area contributed by atoms with Gasteiger partial charge in [0.15, 0.2) is 0 Å². The SMILES string of the molecule is CCOC(=O)c1cc2c(CCl)c(CCl)ccc2o1. The predicted octanol–water partition coefficient (Wildman–Crippen LogP) is 4.09. The second-order valence-corrected chi connectivity index (χ2v) is 4.25. The Bertz CT molecular complexity index is 575. The van der Waals surface area contributed by atoms with Crippen molar-refractivity contribution in [3.63, 3.8) is 0 Å². The van der Waals surface area contributed by atoms with E-state index in [4.69, 9.17) is 32.4 Å². The highest BCUT2D eigenvalue weighted by atomic mass is 35.5. The molecule has 0 spiro atoms. The fourth-order valence-electron chi connectivity index (χ4n) is 1.80. The number of hydrogen-bond donors (Lipinski definition) is 0. The van der Waals surface area contributed by atoms with Crippen molar-refractivity contribution in [2.24, 2.45) is 0 Å². The number of carbonyl (C=O) groups excluding carboxylic acids is 1. The number of furan rings is 1. The van der Waals surface area contributed by atoms with Crippen molar-refractivity contribution < 1.29 is 13.9 Å². The molecule has 0 N–H and O–H groups in total. The molecule has 0 aliphatic heterocycles. The summed E-state index contributed by atoms with van der Waals surface area (Å²) in [6.07, 6.45) is 0. The molecule has 0 aliphatic rings. The smallest absolute Gasteiger partial charge is 0.374 e. The maximum atomic E-state index is 11.6. The minimum Gasteiger partial charge on any atom is -0.460 e. The third-order valence-electron chi connectivity index (χ3n) is 2.66. The third-order valence-corrected chi connectivity index (χ3v) is 3.22. The van der Waals surface area contributed by atoms with Gasteiger partial charge in [0.25, 0.3) is 0 Å². The number of benzene rings is 1.